The zero-order chi connectivity index (χ0) is 29.5. The molecule has 0 saturated carbocycles. The topological polar surface area (TPSA) is 89.5 Å². The van der Waals surface area contributed by atoms with E-state index in [2.05, 4.69) is 51.3 Å². The molecule has 2 aromatic carbocycles. The van der Waals surface area contributed by atoms with Crippen LogP contribution < -0.4 is 9.47 Å². The SMILES string of the molecule is C=CC(=O)OCCOC(C)COc1ccc(C(C)(C)c2ccc(OCC(C)OCC(C)OC(=O)C=C)cc2)cc1. The van der Waals surface area contributed by atoms with Gasteiger partial charge >= 0.3 is 11.9 Å². The third kappa shape index (κ3) is 11.2. The maximum absolute atomic E-state index is 11.2. The second kappa shape index (κ2) is 16.5. The first-order valence-corrected chi connectivity index (χ1v) is 13.4. The quantitative estimate of drug-likeness (QED) is 0.137. The number of ether oxygens (including phenoxy) is 6. The van der Waals surface area contributed by atoms with Gasteiger partial charge in [0.05, 0.1) is 25.4 Å². The molecule has 0 aliphatic carbocycles. The van der Waals surface area contributed by atoms with Gasteiger partial charge in [0, 0.05) is 17.6 Å². The number of carbonyl (C=O) groups excluding carboxylic acids is 2. The van der Waals surface area contributed by atoms with E-state index in [1.807, 2.05) is 38.1 Å². The fourth-order valence-corrected chi connectivity index (χ4v) is 3.66. The van der Waals surface area contributed by atoms with Gasteiger partial charge in [0.1, 0.15) is 37.4 Å². The minimum atomic E-state index is -0.467. The van der Waals surface area contributed by atoms with E-state index in [1.165, 1.54) is 0 Å². The highest BCUT2D eigenvalue weighted by Crippen LogP contribution is 2.33. The van der Waals surface area contributed by atoms with Crippen molar-refractivity contribution in [2.24, 2.45) is 0 Å². The molecule has 3 atom stereocenters. The van der Waals surface area contributed by atoms with Crippen LogP contribution in [-0.4, -0.2) is 63.3 Å². The predicted octanol–water partition coefficient (Wildman–Crippen LogP) is 5.43. The van der Waals surface area contributed by atoms with Gasteiger partial charge in [-0.05, 0) is 56.2 Å². The molecule has 0 spiro atoms. The molecule has 8 heteroatoms. The highest BCUT2D eigenvalue weighted by atomic mass is 16.6. The summed E-state index contributed by atoms with van der Waals surface area (Å²) in [7, 11) is 0. The van der Waals surface area contributed by atoms with Crippen molar-refractivity contribution in [2.45, 2.75) is 58.3 Å². The monoisotopic (exact) mass is 554 g/mol. The summed E-state index contributed by atoms with van der Waals surface area (Å²) in [5.41, 5.74) is 2.07. The molecule has 40 heavy (non-hydrogen) atoms. The first kappa shape index (κ1) is 32.6. The number of hydrogen-bond donors (Lipinski definition) is 0. The van der Waals surface area contributed by atoms with Crippen LogP contribution in [0.4, 0.5) is 0 Å². The summed E-state index contributed by atoms with van der Waals surface area (Å²) < 4.78 is 33.0. The van der Waals surface area contributed by atoms with Crippen molar-refractivity contribution >= 4 is 11.9 Å². The Balaban J connectivity index is 1.80. The second-order valence-corrected chi connectivity index (χ2v) is 9.94. The third-order valence-electron chi connectivity index (χ3n) is 6.12. The lowest BCUT2D eigenvalue weighted by Gasteiger charge is -2.26. The zero-order valence-corrected chi connectivity index (χ0v) is 24.2. The Hall–Kier alpha value is -3.62. The molecule has 0 aliphatic rings. The molecule has 0 saturated heterocycles. The predicted molar refractivity (Wildman–Crippen MR) is 154 cm³/mol. The minimum Gasteiger partial charge on any atom is -0.491 e. The molecular formula is C32H42O8. The van der Waals surface area contributed by atoms with E-state index in [4.69, 9.17) is 28.4 Å². The van der Waals surface area contributed by atoms with E-state index in [1.54, 1.807) is 6.92 Å². The highest BCUT2D eigenvalue weighted by molar-refractivity contribution is 5.81. The molecule has 0 heterocycles. The molecule has 0 bridgehead atoms. The van der Waals surface area contributed by atoms with E-state index in [0.717, 1.165) is 34.8 Å². The normalized spacial score (nSPS) is 13.4. The molecule has 2 aromatic rings. The average molecular weight is 555 g/mol. The van der Waals surface area contributed by atoms with Crippen LogP contribution in [0.1, 0.15) is 45.7 Å². The van der Waals surface area contributed by atoms with Gasteiger partial charge in [0.2, 0.25) is 0 Å². The summed E-state index contributed by atoms with van der Waals surface area (Å²) >= 11 is 0. The van der Waals surface area contributed by atoms with Crippen LogP contribution in [0.15, 0.2) is 73.8 Å². The maximum atomic E-state index is 11.2. The Morgan fingerprint density at radius 2 is 1.18 bits per heavy atom. The van der Waals surface area contributed by atoms with Crippen LogP contribution in [-0.2, 0) is 34.0 Å². The first-order valence-electron chi connectivity index (χ1n) is 13.4. The Morgan fingerprint density at radius 3 is 1.65 bits per heavy atom. The third-order valence-corrected chi connectivity index (χ3v) is 6.12. The fourth-order valence-electron chi connectivity index (χ4n) is 3.66. The van der Waals surface area contributed by atoms with Crippen molar-refractivity contribution in [2.75, 3.05) is 33.0 Å². The lowest BCUT2D eigenvalue weighted by atomic mass is 9.78. The van der Waals surface area contributed by atoms with Gasteiger partial charge in [-0.25, -0.2) is 9.59 Å². The molecule has 0 fully saturated rings. The lowest BCUT2D eigenvalue weighted by Crippen LogP contribution is -2.25. The molecule has 0 aromatic heterocycles. The summed E-state index contributed by atoms with van der Waals surface area (Å²) in [6, 6.07) is 16.1. The van der Waals surface area contributed by atoms with Gasteiger partial charge in [0.25, 0.3) is 0 Å². The summed E-state index contributed by atoms with van der Waals surface area (Å²) in [5, 5.41) is 0. The van der Waals surface area contributed by atoms with E-state index < -0.39 is 11.9 Å². The van der Waals surface area contributed by atoms with Gasteiger partial charge in [-0.15, -0.1) is 0 Å². The number of benzene rings is 2. The molecule has 0 amide bonds. The van der Waals surface area contributed by atoms with Crippen LogP contribution >= 0.6 is 0 Å². The van der Waals surface area contributed by atoms with E-state index in [9.17, 15) is 9.59 Å². The van der Waals surface area contributed by atoms with Crippen molar-refractivity contribution in [3.63, 3.8) is 0 Å². The Morgan fingerprint density at radius 1 is 0.700 bits per heavy atom. The number of hydrogen-bond acceptors (Lipinski definition) is 8. The molecule has 0 radical (unpaired) electrons. The summed E-state index contributed by atoms with van der Waals surface area (Å²) in [6.45, 7) is 18.2. The molecule has 0 aliphatic heterocycles. The van der Waals surface area contributed by atoms with Crippen molar-refractivity contribution in [3.05, 3.63) is 85.0 Å². The molecule has 8 nitrogen and oxygen atoms in total. The van der Waals surface area contributed by atoms with Gasteiger partial charge in [-0.2, -0.15) is 0 Å². The number of rotatable bonds is 18. The minimum absolute atomic E-state index is 0.153. The van der Waals surface area contributed by atoms with Gasteiger partial charge in [-0.1, -0.05) is 51.3 Å². The second-order valence-electron chi connectivity index (χ2n) is 9.94. The average Bonchev–Trinajstić information content (AvgIpc) is 2.96. The van der Waals surface area contributed by atoms with Crippen molar-refractivity contribution in [1.82, 2.24) is 0 Å². The smallest absolute Gasteiger partial charge is 0.330 e. The standard InChI is InChI=1S/C32H42O8/c1-8-30(33)36-19-18-35-23(3)20-38-28-14-10-26(11-15-28)32(6,7)27-12-16-29(17-13-27)39-21-24(4)37-22-25(5)40-31(34)9-2/h8-17,23-25H,1-2,18-22H2,3-7H3. The lowest BCUT2D eigenvalue weighted by molar-refractivity contribution is -0.146. The number of carbonyl (C=O) groups is 2. The fraction of sp³-hybridized carbons (Fsp3) is 0.438. The number of esters is 2. The van der Waals surface area contributed by atoms with E-state index in [-0.39, 0.29) is 36.9 Å². The maximum Gasteiger partial charge on any atom is 0.330 e. The largest absolute Gasteiger partial charge is 0.491 e. The van der Waals surface area contributed by atoms with Gasteiger partial charge in [-0.3, -0.25) is 0 Å². The zero-order valence-electron chi connectivity index (χ0n) is 24.2. The highest BCUT2D eigenvalue weighted by Gasteiger charge is 2.23. The first-order chi connectivity index (χ1) is 19.0. The Bertz CT molecular complexity index is 1080. The van der Waals surface area contributed by atoms with Crippen molar-refractivity contribution < 1.29 is 38.0 Å². The van der Waals surface area contributed by atoms with Crippen LogP contribution in [0.3, 0.4) is 0 Å². The van der Waals surface area contributed by atoms with E-state index in [0.29, 0.717) is 19.8 Å². The van der Waals surface area contributed by atoms with Crippen LogP contribution in [0.5, 0.6) is 11.5 Å². The molecule has 3 unspecified atom stereocenters. The Kier molecular flexibility index (Phi) is 13.4. The van der Waals surface area contributed by atoms with E-state index >= 15 is 0 Å². The molecule has 0 N–H and O–H groups in total. The molecule has 2 rings (SSSR count). The summed E-state index contributed by atoms with van der Waals surface area (Å²) in [4.78, 5) is 22.3. The molecular weight excluding hydrogens is 512 g/mol. The van der Waals surface area contributed by atoms with Crippen molar-refractivity contribution in [3.8, 4) is 11.5 Å². The van der Waals surface area contributed by atoms with Crippen molar-refractivity contribution in [1.29, 1.82) is 0 Å². The van der Waals surface area contributed by atoms with Gasteiger partial charge < -0.3 is 28.4 Å². The molecule has 218 valence electrons. The summed E-state index contributed by atoms with van der Waals surface area (Å²) in [5.74, 6) is 0.570. The van der Waals surface area contributed by atoms with Crippen LogP contribution in [0.2, 0.25) is 0 Å². The summed E-state index contributed by atoms with van der Waals surface area (Å²) in [6.07, 6.45) is 1.57. The Labute approximate surface area is 237 Å². The van der Waals surface area contributed by atoms with Crippen LogP contribution in [0.25, 0.3) is 0 Å². The van der Waals surface area contributed by atoms with Crippen LogP contribution in [0, 0.1) is 0 Å². The van der Waals surface area contributed by atoms with Gasteiger partial charge in [0.15, 0.2) is 0 Å².